The molecule has 0 radical (unpaired) electrons. The van der Waals surface area contributed by atoms with Gasteiger partial charge in [-0.25, -0.2) is 0 Å². The number of ether oxygens (including phenoxy) is 3. The summed E-state index contributed by atoms with van der Waals surface area (Å²) in [4.78, 5) is 38.3. The Bertz CT molecular complexity index is 1690. The van der Waals surface area contributed by atoms with E-state index in [2.05, 4.69) is 142 Å². The molecule has 0 amide bonds. The zero-order chi connectivity index (χ0) is 59.2. The Kier molecular flexibility index (Phi) is 65.8. The second-order valence-corrected chi connectivity index (χ2v) is 22.7. The van der Waals surface area contributed by atoms with Gasteiger partial charge in [0, 0.05) is 19.3 Å². The molecule has 0 aliphatic rings. The average Bonchev–Trinajstić information content (AvgIpc) is 3.48. The van der Waals surface area contributed by atoms with Crippen LogP contribution in [0.2, 0.25) is 0 Å². The van der Waals surface area contributed by atoms with Crippen molar-refractivity contribution in [3.63, 3.8) is 0 Å². The lowest BCUT2D eigenvalue weighted by molar-refractivity contribution is -0.167. The SMILES string of the molecule is CC/C=C\C/C=C\C/C=C\C/C=C\C/C=C\C/C=C\C/C=C\C/C=C\C/C=C\CCCC(=O)OCC(COC(=O)CCCCCCCCCCCC)OC(=O)CCCCCCCCCCCCCCC/C=C\CCCCCCCCCC. The van der Waals surface area contributed by atoms with E-state index in [1.807, 2.05) is 0 Å². The summed E-state index contributed by atoms with van der Waals surface area (Å²) in [6.07, 6.45) is 96.6. The molecular formula is C76H128O6. The van der Waals surface area contributed by atoms with E-state index in [9.17, 15) is 14.4 Å². The van der Waals surface area contributed by atoms with Crippen LogP contribution in [0.3, 0.4) is 0 Å². The van der Waals surface area contributed by atoms with Crippen molar-refractivity contribution in [2.75, 3.05) is 13.2 Å². The molecule has 0 spiro atoms. The highest BCUT2D eigenvalue weighted by Gasteiger charge is 2.19. The van der Waals surface area contributed by atoms with Crippen LogP contribution >= 0.6 is 0 Å². The summed E-state index contributed by atoms with van der Waals surface area (Å²) < 4.78 is 16.9. The summed E-state index contributed by atoms with van der Waals surface area (Å²) in [5, 5.41) is 0. The first kappa shape index (κ1) is 77.8. The lowest BCUT2D eigenvalue weighted by Crippen LogP contribution is -2.30. The molecule has 82 heavy (non-hydrogen) atoms. The summed E-state index contributed by atoms with van der Waals surface area (Å²) >= 11 is 0. The number of carbonyl (C=O) groups is 3. The first-order valence-corrected chi connectivity index (χ1v) is 34.5. The Morgan fingerprint density at radius 2 is 0.488 bits per heavy atom. The molecule has 1 unspecified atom stereocenters. The van der Waals surface area contributed by atoms with Crippen LogP contribution in [0.5, 0.6) is 0 Å². The maximum Gasteiger partial charge on any atom is 0.306 e. The summed E-state index contributed by atoms with van der Waals surface area (Å²) in [5.41, 5.74) is 0. The van der Waals surface area contributed by atoms with Gasteiger partial charge in [0.1, 0.15) is 13.2 Å². The Labute approximate surface area is 507 Å². The minimum atomic E-state index is -0.803. The molecule has 1 atom stereocenters. The fraction of sp³-hybridized carbons (Fsp3) is 0.697. The minimum Gasteiger partial charge on any atom is -0.462 e. The van der Waals surface area contributed by atoms with Gasteiger partial charge in [0.15, 0.2) is 6.10 Å². The molecule has 0 aromatic carbocycles. The fourth-order valence-corrected chi connectivity index (χ4v) is 9.56. The summed E-state index contributed by atoms with van der Waals surface area (Å²) in [5.74, 6) is -0.951. The van der Waals surface area contributed by atoms with Crippen molar-refractivity contribution in [2.24, 2.45) is 0 Å². The van der Waals surface area contributed by atoms with Crippen molar-refractivity contribution in [2.45, 2.75) is 329 Å². The van der Waals surface area contributed by atoms with Crippen LogP contribution in [0.25, 0.3) is 0 Å². The minimum absolute atomic E-state index is 0.0950. The van der Waals surface area contributed by atoms with Crippen molar-refractivity contribution in [1.82, 2.24) is 0 Å². The molecule has 0 aliphatic heterocycles. The van der Waals surface area contributed by atoms with E-state index < -0.39 is 6.10 Å². The van der Waals surface area contributed by atoms with Gasteiger partial charge in [-0.05, 0) is 109 Å². The second-order valence-electron chi connectivity index (χ2n) is 22.7. The molecule has 0 saturated carbocycles. The van der Waals surface area contributed by atoms with E-state index in [0.717, 1.165) is 103 Å². The molecule has 6 nitrogen and oxygen atoms in total. The number of rotatable bonds is 62. The molecule has 0 N–H and O–H groups in total. The standard InChI is InChI=1S/C76H128O6/c1-4-7-10-13-16-19-22-24-26-28-30-32-34-36-37-38-39-41-42-44-46-48-50-52-54-57-60-63-66-69-75(78)81-72-73(71-80-74(77)68-65-62-59-56-21-18-15-12-9-6-3)82-76(79)70-67-64-61-58-55-53-51-49-47-45-43-40-35-33-31-29-27-25-23-20-17-14-11-8-5-2/h7,10,16,19,24,26,29-32,36-37,39,41,44,46,50,52,57,60,73H,4-6,8-9,11-15,17-18,20-23,25,27-28,33-35,38,40,42-43,45,47-49,51,53-56,58-59,61-72H2,1-3H3/b10-7-,19-16-,26-24-,31-29-,32-30-,37-36-,41-39-,46-44-,52-50-,60-57-. The highest BCUT2D eigenvalue weighted by molar-refractivity contribution is 5.71. The molecule has 6 heteroatoms. The summed E-state index contributed by atoms with van der Waals surface area (Å²) in [6, 6.07) is 0. The Balaban J connectivity index is 4.33. The maximum atomic E-state index is 12.9. The Morgan fingerprint density at radius 3 is 0.805 bits per heavy atom. The molecule has 0 saturated heterocycles. The van der Waals surface area contributed by atoms with Crippen molar-refractivity contribution in [3.05, 3.63) is 122 Å². The fourth-order valence-electron chi connectivity index (χ4n) is 9.56. The number of esters is 3. The topological polar surface area (TPSA) is 78.9 Å². The number of allylic oxidation sites excluding steroid dienone is 20. The van der Waals surface area contributed by atoms with Gasteiger partial charge in [0.05, 0.1) is 0 Å². The third-order valence-electron chi connectivity index (χ3n) is 14.7. The molecular weight excluding hydrogens is 1010 g/mol. The summed E-state index contributed by atoms with van der Waals surface area (Å²) in [6.45, 7) is 6.49. The highest BCUT2D eigenvalue weighted by atomic mass is 16.6. The number of carbonyl (C=O) groups excluding carboxylic acids is 3. The quantitative estimate of drug-likeness (QED) is 0.0261. The zero-order valence-corrected chi connectivity index (χ0v) is 53.7. The largest absolute Gasteiger partial charge is 0.462 e. The predicted octanol–water partition coefficient (Wildman–Crippen LogP) is 23.9. The molecule has 0 heterocycles. The normalized spacial score (nSPS) is 12.9. The monoisotopic (exact) mass is 1140 g/mol. The first-order chi connectivity index (χ1) is 40.5. The van der Waals surface area contributed by atoms with Gasteiger partial charge in [-0.1, -0.05) is 316 Å². The smallest absolute Gasteiger partial charge is 0.306 e. The number of unbranched alkanes of at least 4 members (excludes halogenated alkanes) is 31. The Hall–Kier alpha value is -4.19. The van der Waals surface area contributed by atoms with Crippen LogP contribution in [0.1, 0.15) is 323 Å². The molecule has 0 aliphatic carbocycles. The van der Waals surface area contributed by atoms with E-state index in [1.54, 1.807) is 0 Å². The third kappa shape index (κ3) is 66.6. The zero-order valence-electron chi connectivity index (χ0n) is 53.7. The first-order valence-electron chi connectivity index (χ1n) is 34.5. The van der Waals surface area contributed by atoms with Gasteiger partial charge in [-0.15, -0.1) is 0 Å². The van der Waals surface area contributed by atoms with Crippen molar-refractivity contribution in [3.8, 4) is 0 Å². The van der Waals surface area contributed by atoms with E-state index in [-0.39, 0.29) is 37.5 Å². The van der Waals surface area contributed by atoms with Crippen LogP contribution in [0, 0.1) is 0 Å². The van der Waals surface area contributed by atoms with Gasteiger partial charge in [0.25, 0.3) is 0 Å². The lowest BCUT2D eigenvalue weighted by Gasteiger charge is -2.18. The maximum absolute atomic E-state index is 12.9. The van der Waals surface area contributed by atoms with Gasteiger partial charge < -0.3 is 14.2 Å². The van der Waals surface area contributed by atoms with Gasteiger partial charge in [-0.3, -0.25) is 14.4 Å². The van der Waals surface area contributed by atoms with Crippen LogP contribution in [0.15, 0.2) is 122 Å². The van der Waals surface area contributed by atoms with Crippen LogP contribution in [0.4, 0.5) is 0 Å². The van der Waals surface area contributed by atoms with Crippen molar-refractivity contribution < 1.29 is 28.6 Å². The molecule has 0 fully saturated rings. The Morgan fingerprint density at radius 1 is 0.256 bits per heavy atom. The summed E-state index contributed by atoms with van der Waals surface area (Å²) in [7, 11) is 0. The number of hydrogen-bond acceptors (Lipinski definition) is 6. The van der Waals surface area contributed by atoms with Gasteiger partial charge in [-0.2, -0.15) is 0 Å². The molecule has 468 valence electrons. The molecule has 0 aromatic heterocycles. The second kappa shape index (κ2) is 69.3. The molecule has 0 bridgehead atoms. The van der Waals surface area contributed by atoms with E-state index in [4.69, 9.17) is 14.2 Å². The van der Waals surface area contributed by atoms with Crippen molar-refractivity contribution in [1.29, 1.82) is 0 Å². The number of hydrogen-bond donors (Lipinski definition) is 0. The van der Waals surface area contributed by atoms with Crippen LogP contribution < -0.4 is 0 Å². The van der Waals surface area contributed by atoms with Crippen LogP contribution in [-0.4, -0.2) is 37.2 Å². The average molecular weight is 1140 g/mol. The van der Waals surface area contributed by atoms with E-state index in [0.29, 0.717) is 19.3 Å². The molecule has 0 rings (SSSR count). The van der Waals surface area contributed by atoms with Gasteiger partial charge in [0.2, 0.25) is 0 Å². The van der Waals surface area contributed by atoms with E-state index >= 15 is 0 Å². The lowest BCUT2D eigenvalue weighted by atomic mass is 10.0. The van der Waals surface area contributed by atoms with Crippen molar-refractivity contribution >= 4 is 17.9 Å². The predicted molar refractivity (Wildman–Crippen MR) is 357 cm³/mol. The third-order valence-corrected chi connectivity index (χ3v) is 14.7. The van der Waals surface area contributed by atoms with Crippen LogP contribution in [-0.2, 0) is 28.6 Å². The molecule has 0 aromatic rings. The highest BCUT2D eigenvalue weighted by Crippen LogP contribution is 2.16. The van der Waals surface area contributed by atoms with E-state index in [1.165, 1.54) is 173 Å². The van der Waals surface area contributed by atoms with Gasteiger partial charge >= 0.3 is 17.9 Å².